The number of anilines is 1. The van der Waals surface area contributed by atoms with Gasteiger partial charge in [-0.1, -0.05) is 45.1 Å². The van der Waals surface area contributed by atoms with Crippen molar-refractivity contribution in [2.75, 3.05) is 32.1 Å². The molecule has 1 aliphatic heterocycles. The molecule has 1 saturated heterocycles. The molecule has 0 saturated carbocycles. The Kier molecular flexibility index (Phi) is 7.43. The molecule has 0 unspecified atom stereocenters. The van der Waals surface area contributed by atoms with Crippen LogP contribution in [0.25, 0.3) is 10.2 Å². The lowest BCUT2D eigenvalue weighted by molar-refractivity contribution is -0.118. The first-order valence-electron chi connectivity index (χ1n) is 11.9. The van der Waals surface area contributed by atoms with E-state index in [1.54, 1.807) is 7.11 Å². The molecular weight excluding hydrogens is 446 g/mol. The Bertz CT molecular complexity index is 1140. The number of nitrogens with zero attached hydrogens (tertiary/aromatic N) is 2. The average Bonchev–Trinajstić information content (AvgIpc) is 3.20. The maximum Gasteiger partial charge on any atom is 0.264 e. The van der Waals surface area contributed by atoms with Crippen LogP contribution in [0.15, 0.2) is 36.4 Å². The summed E-state index contributed by atoms with van der Waals surface area (Å²) in [6.45, 7) is 11.9. The van der Waals surface area contributed by atoms with Crippen LogP contribution in [-0.4, -0.2) is 42.6 Å². The van der Waals surface area contributed by atoms with Crippen LogP contribution in [0.5, 0.6) is 11.5 Å². The molecule has 1 N–H and O–H groups in total. The first-order valence-corrected chi connectivity index (χ1v) is 12.8. The second-order valence-corrected chi connectivity index (χ2v) is 11.3. The maximum absolute atomic E-state index is 12.6. The number of piperidine rings is 1. The Morgan fingerprint density at radius 2 is 1.94 bits per heavy atom. The van der Waals surface area contributed by atoms with Gasteiger partial charge >= 0.3 is 0 Å². The average molecular weight is 482 g/mol. The molecule has 1 amide bonds. The zero-order chi connectivity index (χ0) is 24.3. The number of likely N-dealkylation sites (tertiary alicyclic amines) is 1. The van der Waals surface area contributed by atoms with Gasteiger partial charge in [-0.05, 0) is 73.2 Å². The van der Waals surface area contributed by atoms with Crippen LogP contribution in [0.4, 0.5) is 5.13 Å². The van der Waals surface area contributed by atoms with Gasteiger partial charge in [0.2, 0.25) is 0 Å². The molecule has 0 radical (unpaired) electrons. The van der Waals surface area contributed by atoms with Crippen molar-refractivity contribution in [1.29, 1.82) is 0 Å². The lowest BCUT2D eigenvalue weighted by Crippen LogP contribution is -2.32. The van der Waals surface area contributed by atoms with Gasteiger partial charge in [-0.3, -0.25) is 15.0 Å². The van der Waals surface area contributed by atoms with Crippen LogP contribution in [0.1, 0.15) is 51.7 Å². The third-order valence-corrected chi connectivity index (χ3v) is 7.27. The van der Waals surface area contributed by atoms with Gasteiger partial charge in [0.05, 0.1) is 17.3 Å². The molecule has 34 heavy (non-hydrogen) atoms. The molecule has 0 bridgehead atoms. The number of benzene rings is 2. The molecule has 1 fully saturated rings. The van der Waals surface area contributed by atoms with Crippen LogP contribution in [0.2, 0.25) is 0 Å². The molecule has 7 heteroatoms. The Labute approximate surface area is 206 Å². The van der Waals surface area contributed by atoms with Gasteiger partial charge < -0.3 is 9.47 Å². The van der Waals surface area contributed by atoms with E-state index in [9.17, 15) is 4.79 Å². The number of aromatic nitrogens is 1. The number of amides is 1. The highest BCUT2D eigenvalue weighted by Gasteiger charge is 2.21. The number of nitrogens with one attached hydrogen (secondary N) is 1. The van der Waals surface area contributed by atoms with Crippen molar-refractivity contribution in [2.24, 2.45) is 5.92 Å². The van der Waals surface area contributed by atoms with E-state index in [0.29, 0.717) is 10.9 Å². The minimum Gasteiger partial charge on any atom is -0.497 e. The Morgan fingerprint density at radius 3 is 2.65 bits per heavy atom. The normalized spacial score (nSPS) is 15.4. The number of hydrogen-bond donors (Lipinski definition) is 1. The summed E-state index contributed by atoms with van der Waals surface area (Å²) in [4.78, 5) is 19.7. The summed E-state index contributed by atoms with van der Waals surface area (Å²) < 4.78 is 12.3. The summed E-state index contributed by atoms with van der Waals surface area (Å²) in [5.74, 6) is 2.06. The predicted octanol–water partition coefficient (Wildman–Crippen LogP) is 5.85. The van der Waals surface area contributed by atoms with Crippen LogP contribution < -0.4 is 14.8 Å². The summed E-state index contributed by atoms with van der Waals surface area (Å²) in [5.41, 5.74) is 3.05. The van der Waals surface area contributed by atoms with Crippen LogP contribution in [-0.2, 0) is 16.8 Å². The smallest absolute Gasteiger partial charge is 0.264 e. The Hall–Kier alpha value is -2.64. The maximum atomic E-state index is 12.6. The van der Waals surface area contributed by atoms with E-state index >= 15 is 0 Å². The van der Waals surface area contributed by atoms with Gasteiger partial charge in [0.25, 0.3) is 5.91 Å². The molecular formula is C27H35N3O3S. The second kappa shape index (κ2) is 10.3. The zero-order valence-electron chi connectivity index (χ0n) is 20.8. The second-order valence-electron chi connectivity index (χ2n) is 10.2. The highest BCUT2D eigenvalue weighted by atomic mass is 32.1. The zero-order valence-corrected chi connectivity index (χ0v) is 21.6. The minimum atomic E-state index is -0.225. The Balaban J connectivity index is 1.38. The molecule has 182 valence electrons. The van der Waals surface area contributed by atoms with Gasteiger partial charge in [0.15, 0.2) is 11.7 Å². The summed E-state index contributed by atoms with van der Waals surface area (Å²) >= 11 is 1.50. The van der Waals surface area contributed by atoms with Crippen molar-refractivity contribution in [3.8, 4) is 11.5 Å². The van der Waals surface area contributed by atoms with Crippen LogP contribution >= 0.6 is 11.3 Å². The van der Waals surface area contributed by atoms with E-state index in [2.05, 4.69) is 55.0 Å². The van der Waals surface area contributed by atoms with Gasteiger partial charge in [-0.2, -0.15) is 0 Å². The minimum absolute atomic E-state index is 0.0794. The standard InChI is InChI=1S/C27H35N3O3S/c1-18-10-12-30(13-11-18)16-19-6-8-22-24(14-19)34-26(28-22)29-25(31)17-33-23-9-7-20(32-5)15-21(23)27(2,3)4/h6-9,14-15,18H,10-13,16-17H2,1-5H3,(H,28,29,31). The highest BCUT2D eigenvalue weighted by molar-refractivity contribution is 7.22. The third-order valence-electron chi connectivity index (χ3n) is 6.34. The first-order chi connectivity index (χ1) is 16.2. The number of thiazole rings is 1. The fourth-order valence-corrected chi connectivity index (χ4v) is 5.19. The number of carbonyl (C=O) groups excluding carboxylic acids is 1. The SMILES string of the molecule is COc1ccc(OCC(=O)Nc2nc3ccc(CN4CCC(C)CC4)cc3s2)c(C(C)(C)C)c1. The predicted molar refractivity (Wildman–Crippen MR) is 139 cm³/mol. The summed E-state index contributed by atoms with van der Waals surface area (Å²) in [6.07, 6.45) is 2.55. The van der Waals surface area contributed by atoms with E-state index in [1.807, 2.05) is 24.3 Å². The van der Waals surface area contributed by atoms with Gasteiger partial charge in [0, 0.05) is 12.1 Å². The highest BCUT2D eigenvalue weighted by Crippen LogP contribution is 2.34. The summed E-state index contributed by atoms with van der Waals surface area (Å²) in [5, 5.41) is 3.49. The molecule has 0 atom stereocenters. The fraction of sp³-hybridized carbons (Fsp3) is 0.481. The molecule has 1 aromatic heterocycles. The molecule has 4 rings (SSSR count). The third kappa shape index (κ3) is 6.07. The van der Waals surface area contributed by atoms with Gasteiger partial charge in [0.1, 0.15) is 11.5 Å². The van der Waals surface area contributed by atoms with Crippen molar-refractivity contribution in [3.63, 3.8) is 0 Å². The number of fused-ring (bicyclic) bond motifs is 1. The largest absolute Gasteiger partial charge is 0.497 e. The lowest BCUT2D eigenvalue weighted by Gasteiger charge is -2.30. The topological polar surface area (TPSA) is 63.7 Å². The number of rotatable bonds is 7. The van der Waals surface area contributed by atoms with Crippen molar-refractivity contribution >= 4 is 32.6 Å². The molecule has 0 spiro atoms. The molecule has 1 aliphatic rings. The quantitative estimate of drug-likeness (QED) is 0.458. The van der Waals surface area contributed by atoms with E-state index in [4.69, 9.17) is 9.47 Å². The molecule has 2 aromatic carbocycles. The molecule has 0 aliphatic carbocycles. The summed E-state index contributed by atoms with van der Waals surface area (Å²) in [7, 11) is 1.64. The number of methoxy groups -OCH3 is 1. The van der Waals surface area contributed by atoms with Crippen molar-refractivity contribution in [2.45, 2.75) is 52.5 Å². The van der Waals surface area contributed by atoms with Crippen molar-refractivity contribution in [1.82, 2.24) is 9.88 Å². The van der Waals surface area contributed by atoms with E-state index < -0.39 is 0 Å². The lowest BCUT2D eigenvalue weighted by atomic mass is 9.86. The summed E-state index contributed by atoms with van der Waals surface area (Å²) in [6, 6.07) is 12.1. The van der Waals surface area contributed by atoms with E-state index in [-0.39, 0.29) is 17.9 Å². The number of hydrogen-bond acceptors (Lipinski definition) is 6. The van der Waals surface area contributed by atoms with Crippen molar-refractivity contribution in [3.05, 3.63) is 47.5 Å². The fourth-order valence-electron chi connectivity index (χ4n) is 4.25. The first kappa shape index (κ1) is 24.5. The van der Waals surface area contributed by atoms with E-state index in [1.165, 1.54) is 29.7 Å². The molecule has 6 nitrogen and oxygen atoms in total. The van der Waals surface area contributed by atoms with Crippen molar-refractivity contribution < 1.29 is 14.3 Å². The van der Waals surface area contributed by atoms with Crippen LogP contribution in [0.3, 0.4) is 0 Å². The monoisotopic (exact) mass is 481 g/mol. The molecule has 2 heterocycles. The van der Waals surface area contributed by atoms with E-state index in [0.717, 1.165) is 47.1 Å². The van der Waals surface area contributed by atoms with Gasteiger partial charge in [-0.15, -0.1) is 0 Å². The molecule has 3 aromatic rings. The van der Waals surface area contributed by atoms with Crippen LogP contribution in [0, 0.1) is 5.92 Å². The Morgan fingerprint density at radius 1 is 1.18 bits per heavy atom. The number of ether oxygens (including phenoxy) is 2. The number of carbonyl (C=O) groups is 1. The van der Waals surface area contributed by atoms with Gasteiger partial charge in [-0.25, -0.2) is 4.98 Å².